The van der Waals surface area contributed by atoms with Crippen LogP contribution in [0.2, 0.25) is 0 Å². The fourth-order valence-electron chi connectivity index (χ4n) is 1.22. The van der Waals surface area contributed by atoms with Gasteiger partial charge in [0.25, 0.3) is 0 Å². The minimum absolute atomic E-state index is 0.618. The lowest BCUT2D eigenvalue weighted by Crippen LogP contribution is -1.99. The van der Waals surface area contributed by atoms with Gasteiger partial charge in [-0.05, 0) is 18.6 Å². The smallest absolute Gasteiger partial charge is 0.213 e. The van der Waals surface area contributed by atoms with Crippen LogP contribution in [0.5, 0.6) is 5.88 Å². The lowest BCUT2D eigenvalue weighted by molar-refractivity contribution is 0.397. The second-order valence-electron chi connectivity index (χ2n) is 3.19. The van der Waals surface area contributed by atoms with Crippen LogP contribution in [0.25, 0.3) is 0 Å². The molecule has 16 heavy (non-hydrogen) atoms. The minimum Gasteiger partial charge on any atom is -0.481 e. The van der Waals surface area contributed by atoms with E-state index in [9.17, 15) is 0 Å². The number of anilines is 1. The van der Waals surface area contributed by atoms with Crippen LogP contribution in [0.15, 0.2) is 18.3 Å². The van der Waals surface area contributed by atoms with E-state index in [1.165, 1.54) is 11.3 Å². The fraction of sp³-hybridized carbons (Fsp3) is 0.300. The van der Waals surface area contributed by atoms with Gasteiger partial charge < -0.3 is 10.1 Å². The molecule has 0 fully saturated rings. The fourth-order valence-corrected chi connectivity index (χ4v) is 1.81. The zero-order valence-electron chi connectivity index (χ0n) is 9.10. The van der Waals surface area contributed by atoms with Gasteiger partial charge in [-0.3, -0.25) is 0 Å². The van der Waals surface area contributed by atoms with Crippen LogP contribution in [0, 0.1) is 6.92 Å². The Balaban J connectivity index is 1.99. The highest BCUT2D eigenvalue weighted by Crippen LogP contribution is 2.15. The number of methoxy groups -OCH3 is 1. The number of rotatable bonds is 4. The lowest BCUT2D eigenvalue weighted by atomic mass is 10.3. The third-order valence-electron chi connectivity index (χ3n) is 1.98. The maximum absolute atomic E-state index is 5.05. The molecule has 0 saturated heterocycles. The predicted molar refractivity (Wildman–Crippen MR) is 62.8 cm³/mol. The molecule has 2 rings (SSSR count). The number of pyridine rings is 1. The first kappa shape index (κ1) is 10.8. The molecule has 0 radical (unpaired) electrons. The molecule has 0 spiro atoms. The topological polar surface area (TPSA) is 59.9 Å². The van der Waals surface area contributed by atoms with Gasteiger partial charge in [0.1, 0.15) is 5.01 Å². The summed E-state index contributed by atoms with van der Waals surface area (Å²) >= 11 is 1.54. The Morgan fingerprint density at radius 2 is 2.31 bits per heavy atom. The Morgan fingerprint density at radius 1 is 1.44 bits per heavy atom. The highest BCUT2D eigenvalue weighted by molar-refractivity contribution is 7.15. The van der Waals surface area contributed by atoms with E-state index in [0.717, 1.165) is 15.7 Å². The summed E-state index contributed by atoms with van der Waals surface area (Å²) in [5, 5.41) is 12.9. The Hall–Kier alpha value is -1.69. The number of ether oxygens (including phenoxy) is 1. The standard InChI is InChI=1S/C10H12N4OS/c1-7-13-14-10(16-7)12-6-8-3-4-11-9(5-8)15-2/h3-5H,6H2,1-2H3,(H,12,14). The summed E-state index contributed by atoms with van der Waals surface area (Å²) in [4.78, 5) is 4.04. The number of nitrogens with one attached hydrogen (secondary N) is 1. The van der Waals surface area contributed by atoms with Gasteiger partial charge in [-0.15, -0.1) is 10.2 Å². The zero-order valence-corrected chi connectivity index (χ0v) is 9.91. The van der Waals surface area contributed by atoms with E-state index < -0.39 is 0 Å². The molecule has 0 bridgehead atoms. The molecule has 0 aromatic carbocycles. The van der Waals surface area contributed by atoms with Gasteiger partial charge in [-0.25, -0.2) is 4.98 Å². The van der Waals surface area contributed by atoms with Crippen molar-refractivity contribution in [3.63, 3.8) is 0 Å². The summed E-state index contributed by atoms with van der Waals surface area (Å²) in [5.41, 5.74) is 1.10. The molecular weight excluding hydrogens is 224 g/mol. The largest absolute Gasteiger partial charge is 0.481 e. The molecule has 0 aliphatic rings. The SMILES string of the molecule is COc1cc(CNc2nnc(C)s2)ccn1. The van der Waals surface area contributed by atoms with Gasteiger partial charge in [0, 0.05) is 18.8 Å². The van der Waals surface area contributed by atoms with Crippen molar-refractivity contribution in [1.82, 2.24) is 15.2 Å². The summed E-state index contributed by atoms with van der Waals surface area (Å²) in [6.45, 7) is 2.62. The van der Waals surface area contributed by atoms with Gasteiger partial charge in [0.2, 0.25) is 11.0 Å². The average molecular weight is 236 g/mol. The van der Waals surface area contributed by atoms with Crippen molar-refractivity contribution in [2.45, 2.75) is 13.5 Å². The third kappa shape index (κ3) is 2.66. The summed E-state index contributed by atoms with van der Waals surface area (Å²) < 4.78 is 5.05. The average Bonchev–Trinajstić information content (AvgIpc) is 2.73. The number of hydrogen-bond acceptors (Lipinski definition) is 6. The van der Waals surface area contributed by atoms with Crippen molar-refractivity contribution in [2.75, 3.05) is 12.4 Å². The number of aromatic nitrogens is 3. The molecular formula is C10H12N4OS. The van der Waals surface area contributed by atoms with E-state index in [1.807, 2.05) is 19.1 Å². The molecule has 0 aliphatic carbocycles. The second kappa shape index (κ2) is 4.89. The molecule has 0 aliphatic heterocycles. The normalized spacial score (nSPS) is 10.1. The summed E-state index contributed by atoms with van der Waals surface area (Å²) in [6, 6.07) is 3.82. The molecule has 2 aromatic heterocycles. The molecule has 0 unspecified atom stereocenters. The van der Waals surface area contributed by atoms with Crippen molar-refractivity contribution in [3.05, 3.63) is 28.9 Å². The number of nitrogens with zero attached hydrogens (tertiary/aromatic N) is 3. The van der Waals surface area contributed by atoms with Crippen LogP contribution in [-0.2, 0) is 6.54 Å². The molecule has 0 atom stereocenters. The van der Waals surface area contributed by atoms with Gasteiger partial charge in [-0.2, -0.15) is 0 Å². The first-order valence-corrected chi connectivity index (χ1v) is 5.62. The monoisotopic (exact) mass is 236 g/mol. The Kier molecular flexibility index (Phi) is 3.31. The van der Waals surface area contributed by atoms with Crippen LogP contribution in [-0.4, -0.2) is 22.3 Å². The molecule has 84 valence electrons. The van der Waals surface area contributed by atoms with E-state index in [0.29, 0.717) is 12.4 Å². The van der Waals surface area contributed by atoms with E-state index >= 15 is 0 Å². The molecule has 1 N–H and O–H groups in total. The Bertz CT molecular complexity index is 471. The third-order valence-corrected chi connectivity index (χ3v) is 2.77. The highest BCUT2D eigenvalue weighted by Gasteiger charge is 2.00. The maximum atomic E-state index is 5.05. The summed E-state index contributed by atoms with van der Waals surface area (Å²) in [6.07, 6.45) is 1.72. The summed E-state index contributed by atoms with van der Waals surface area (Å²) in [7, 11) is 1.60. The van der Waals surface area contributed by atoms with Gasteiger partial charge in [0.05, 0.1) is 7.11 Å². The van der Waals surface area contributed by atoms with E-state index in [2.05, 4.69) is 20.5 Å². The van der Waals surface area contributed by atoms with Gasteiger partial charge >= 0.3 is 0 Å². The highest BCUT2D eigenvalue weighted by atomic mass is 32.1. The number of aryl methyl sites for hydroxylation is 1. The Morgan fingerprint density at radius 3 is 3.00 bits per heavy atom. The molecule has 0 amide bonds. The van der Waals surface area contributed by atoms with Crippen molar-refractivity contribution < 1.29 is 4.74 Å². The molecule has 0 saturated carbocycles. The van der Waals surface area contributed by atoms with E-state index in [-0.39, 0.29) is 0 Å². The maximum Gasteiger partial charge on any atom is 0.213 e. The van der Waals surface area contributed by atoms with Crippen molar-refractivity contribution in [2.24, 2.45) is 0 Å². The molecule has 6 heteroatoms. The van der Waals surface area contributed by atoms with Crippen molar-refractivity contribution in [1.29, 1.82) is 0 Å². The van der Waals surface area contributed by atoms with E-state index in [1.54, 1.807) is 13.3 Å². The van der Waals surface area contributed by atoms with Crippen molar-refractivity contribution in [3.8, 4) is 5.88 Å². The minimum atomic E-state index is 0.618. The lowest BCUT2D eigenvalue weighted by Gasteiger charge is -2.03. The van der Waals surface area contributed by atoms with Crippen LogP contribution < -0.4 is 10.1 Å². The van der Waals surface area contributed by atoms with E-state index in [4.69, 9.17) is 4.74 Å². The first-order chi connectivity index (χ1) is 7.78. The molecule has 2 heterocycles. The second-order valence-corrected chi connectivity index (χ2v) is 4.37. The van der Waals surface area contributed by atoms with Crippen LogP contribution >= 0.6 is 11.3 Å². The molecule has 5 nitrogen and oxygen atoms in total. The van der Waals surface area contributed by atoms with Gasteiger partial charge in [-0.1, -0.05) is 11.3 Å². The van der Waals surface area contributed by atoms with Crippen LogP contribution in [0.1, 0.15) is 10.6 Å². The zero-order chi connectivity index (χ0) is 11.4. The number of hydrogen-bond donors (Lipinski definition) is 1. The summed E-state index contributed by atoms with van der Waals surface area (Å²) in [5.74, 6) is 0.618. The van der Waals surface area contributed by atoms with Gasteiger partial charge in [0.15, 0.2) is 0 Å². The first-order valence-electron chi connectivity index (χ1n) is 4.81. The molecule has 2 aromatic rings. The van der Waals surface area contributed by atoms with Crippen LogP contribution in [0.4, 0.5) is 5.13 Å². The van der Waals surface area contributed by atoms with Crippen molar-refractivity contribution >= 4 is 16.5 Å². The van der Waals surface area contributed by atoms with Crippen LogP contribution in [0.3, 0.4) is 0 Å². The quantitative estimate of drug-likeness (QED) is 0.878. The Labute approximate surface area is 97.5 Å². The predicted octanol–water partition coefficient (Wildman–Crippen LogP) is 1.86.